The number of nitrogens with one attached hydrogen (secondary N) is 1. The molecule has 6 aliphatic rings. The number of carbonyl (C=O) groups is 2. The number of esters is 1. The molecule has 74 heavy (non-hydrogen) atoms. The molecule has 0 aliphatic carbocycles. The van der Waals surface area contributed by atoms with Crippen LogP contribution in [0, 0.1) is 11.8 Å². The van der Waals surface area contributed by atoms with Crippen molar-refractivity contribution in [3.05, 3.63) is 0 Å². The van der Waals surface area contributed by atoms with Crippen LogP contribution in [-0.4, -0.2) is 290 Å². The van der Waals surface area contributed by atoms with Gasteiger partial charge in [0, 0.05) is 25.9 Å². The highest BCUT2D eigenvalue weighted by atomic mass is 16.8. The largest absolute Gasteiger partial charge is 0.454 e. The van der Waals surface area contributed by atoms with Gasteiger partial charge in [0.2, 0.25) is 5.91 Å². The van der Waals surface area contributed by atoms with Gasteiger partial charge in [-0.2, -0.15) is 0 Å². The molecule has 0 radical (unpaired) electrons. The summed E-state index contributed by atoms with van der Waals surface area (Å²) in [5.41, 5.74) is 5.63. The van der Waals surface area contributed by atoms with Gasteiger partial charge in [-0.1, -0.05) is 13.8 Å². The standard InChI is InChI=1S/C44H76N2O28/c1-12-15(4)64-44(37(66-17(6)50)33(12)71-39-13(2)23(51)24(52)16(5)65-39)74-36-27(55)21(11-63-41-30(58)28(56)25(53)18(8-47)67-41)70-43(32(36)60)73-35-22(46-14(3)38(45)61)40(62-7)69-20(10-49)34(35)72-42-31(59)29(57)26(54)19(9-48)68-42/h12-16,18-37,39-44,46-49,51-60H,8-11H2,1-7H3,(H2,45,61)/t12-,13?,14?,15?,16?,18?,19?,20?,21?,22?,23+,24-,25+,26+,27+,28-,29-,30?,31?,32?,33-,34-,35+,36-,37?,39-,40+,41-,42+,43-,44-/m0/s1. The second-order valence-corrected chi connectivity index (χ2v) is 19.6. The molecule has 0 aromatic rings. The molecular formula is C44H76N2O28. The van der Waals surface area contributed by atoms with Gasteiger partial charge in [0.25, 0.3) is 0 Å². The predicted octanol–water partition coefficient (Wildman–Crippen LogP) is -8.80. The highest BCUT2D eigenvalue weighted by molar-refractivity contribution is 5.79. The van der Waals surface area contributed by atoms with E-state index in [1.807, 2.05) is 0 Å². The Kier molecular flexibility index (Phi) is 21.7. The maximum absolute atomic E-state index is 12.8. The van der Waals surface area contributed by atoms with E-state index in [-0.39, 0.29) is 0 Å². The van der Waals surface area contributed by atoms with Crippen LogP contribution in [-0.2, 0) is 71.2 Å². The first-order valence-electron chi connectivity index (χ1n) is 24.4. The summed E-state index contributed by atoms with van der Waals surface area (Å²) < 4.78 is 78.1. The van der Waals surface area contributed by atoms with Crippen LogP contribution in [0.4, 0.5) is 0 Å². The summed E-state index contributed by atoms with van der Waals surface area (Å²) in [5, 5.41) is 143. The highest BCUT2D eigenvalue weighted by Gasteiger charge is 2.58. The van der Waals surface area contributed by atoms with Crippen molar-refractivity contribution in [1.29, 1.82) is 0 Å². The summed E-state index contributed by atoms with van der Waals surface area (Å²) in [4.78, 5) is 25.4. The average Bonchev–Trinajstić information content (AvgIpc) is 3.36. The second-order valence-electron chi connectivity index (χ2n) is 19.6. The molecule has 6 heterocycles. The minimum absolute atomic E-state index is 0.621. The minimum Gasteiger partial charge on any atom is -0.454 e. The summed E-state index contributed by atoms with van der Waals surface area (Å²) in [7, 11) is 1.19. The lowest BCUT2D eigenvalue weighted by atomic mass is 9.89. The van der Waals surface area contributed by atoms with Crippen LogP contribution in [0.25, 0.3) is 0 Å². The van der Waals surface area contributed by atoms with Crippen LogP contribution >= 0.6 is 0 Å². The van der Waals surface area contributed by atoms with E-state index >= 15 is 0 Å². The topological polar surface area (TPSA) is 455 Å². The lowest BCUT2D eigenvalue weighted by molar-refractivity contribution is -0.391. The molecule has 16 N–H and O–H groups in total. The first-order chi connectivity index (χ1) is 34.9. The number of aliphatic hydroxyl groups is 13. The molecule has 0 aromatic heterocycles. The smallest absolute Gasteiger partial charge is 0.303 e. The van der Waals surface area contributed by atoms with E-state index in [1.54, 1.807) is 20.8 Å². The molecule has 30 nitrogen and oxygen atoms in total. The Balaban J connectivity index is 1.39. The number of carbonyl (C=O) groups excluding carboxylic acids is 2. The molecule has 30 heteroatoms. The van der Waals surface area contributed by atoms with Crippen LogP contribution < -0.4 is 11.1 Å². The Labute approximate surface area is 424 Å². The van der Waals surface area contributed by atoms with Gasteiger partial charge in [-0.25, -0.2) is 0 Å². The molecule has 6 fully saturated rings. The van der Waals surface area contributed by atoms with Crippen molar-refractivity contribution in [3.8, 4) is 0 Å². The molecule has 0 spiro atoms. The molecule has 430 valence electrons. The minimum atomic E-state index is -2.16. The number of primary amides is 1. The lowest BCUT2D eigenvalue weighted by Gasteiger charge is -2.51. The number of rotatable bonds is 19. The van der Waals surface area contributed by atoms with Crippen molar-refractivity contribution in [2.45, 2.75) is 220 Å². The highest BCUT2D eigenvalue weighted by Crippen LogP contribution is 2.39. The number of hydrogen-bond acceptors (Lipinski definition) is 29. The summed E-state index contributed by atoms with van der Waals surface area (Å²) in [5.74, 6) is -3.21. The first-order valence-corrected chi connectivity index (χ1v) is 24.4. The fourth-order valence-electron chi connectivity index (χ4n) is 9.71. The van der Waals surface area contributed by atoms with Gasteiger partial charge in [0.15, 0.2) is 43.8 Å². The van der Waals surface area contributed by atoms with Crippen LogP contribution in [0.5, 0.6) is 0 Å². The van der Waals surface area contributed by atoms with Crippen molar-refractivity contribution >= 4 is 11.9 Å². The van der Waals surface area contributed by atoms with Gasteiger partial charge in [0.05, 0.1) is 56.8 Å². The number of nitrogens with two attached hydrogens (primary N) is 1. The van der Waals surface area contributed by atoms with Gasteiger partial charge < -0.3 is 134 Å². The fourth-order valence-corrected chi connectivity index (χ4v) is 9.71. The second kappa shape index (κ2) is 26.2. The average molecular weight is 1080 g/mol. The number of methoxy groups -OCH3 is 1. The Morgan fingerprint density at radius 1 is 0.500 bits per heavy atom. The molecule has 0 bridgehead atoms. The van der Waals surface area contributed by atoms with Crippen LogP contribution in [0.1, 0.15) is 41.5 Å². The summed E-state index contributed by atoms with van der Waals surface area (Å²) in [6, 6.07) is -2.66. The molecule has 6 aliphatic heterocycles. The molecule has 31 atom stereocenters. The predicted molar refractivity (Wildman–Crippen MR) is 237 cm³/mol. The Hall–Kier alpha value is -2.10. The summed E-state index contributed by atoms with van der Waals surface area (Å²) in [6.45, 7) is 5.43. The third-order valence-corrected chi connectivity index (χ3v) is 14.5. The number of ether oxygens (including phenoxy) is 13. The van der Waals surface area contributed by atoms with Crippen molar-refractivity contribution in [2.24, 2.45) is 17.6 Å². The molecule has 0 aromatic carbocycles. The number of hydrogen-bond donors (Lipinski definition) is 15. The van der Waals surface area contributed by atoms with E-state index in [2.05, 4.69) is 5.32 Å². The first kappa shape index (κ1) is 61.1. The summed E-state index contributed by atoms with van der Waals surface area (Å²) >= 11 is 0. The molecule has 0 saturated carbocycles. The van der Waals surface area contributed by atoms with Crippen LogP contribution in [0.3, 0.4) is 0 Å². The van der Waals surface area contributed by atoms with Crippen LogP contribution in [0.15, 0.2) is 0 Å². The van der Waals surface area contributed by atoms with E-state index in [0.717, 1.165) is 6.92 Å². The quantitative estimate of drug-likeness (QED) is 0.0534. The normalized spacial score (nSPS) is 49.7. The Morgan fingerprint density at radius 3 is 1.57 bits per heavy atom. The maximum atomic E-state index is 12.8. The van der Waals surface area contributed by atoms with Gasteiger partial charge >= 0.3 is 5.97 Å². The van der Waals surface area contributed by atoms with E-state index in [1.165, 1.54) is 21.0 Å². The number of aliphatic hydroxyl groups excluding tert-OH is 13. The van der Waals surface area contributed by atoms with E-state index in [0.29, 0.717) is 0 Å². The van der Waals surface area contributed by atoms with E-state index in [4.69, 9.17) is 67.3 Å². The van der Waals surface area contributed by atoms with Crippen molar-refractivity contribution in [1.82, 2.24) is 5.32 Å². The third-order valence-electron chi connectivity index (χ3n) is 14.5. The summed E-state index contributed by atoms with van der Waals surface area (Å²) in [6.07, 6.45) is -44.3. The van der Waals surface area contributed by atoms with Gasteiger partial charge in [-0.15, -0.1) is 0 Å². The van der Waals surface area contributed by atoms with Crippen LogP contribution in [0.2, 0.25) is 0 Å². The third kappa shape index (κ3) is 13.1. The van der Waals surface area contributed by atoms with Gasteiger partial charge in [0.1, 0.15) is 104 Å². The SMILES string of the molecule is CO[C@@H]1OC(CO)[C@H](O[C@H]2OC(CO)[C@@H](O)[C@H](O)C2O)[C@H](O[C@@H]2OC(CO[C@H]3OC(CO)[C@@H](O)[C@H](O)C3O)[C@@H](O)[C@H](O[C@@H]3OC(C)[C@H](C)[C@H](O[C@@H]4OC(C)[C@H](O)[C@H](O)C4C)C3OC(C)=O)C2O)C1NC(C)C(N)=O. The zero-order valence-electron chi connectivity index (χ0n) is 41.7. The Morgan fingerprint density at radius 2 is 1.00 bits per heavy atom. The zero-order chi connectivity index (χ0) is 54.8. The van der Waals surface area contributed by atoms with Crippen molar-refractivity contribution < 1.29 is 138 Å². The molecule has 13 unspecified atom stereocenters. The molecule has 1 amide bonds. The van der Waals surface area contributed by atoms with E-state index < -0.39 is 228 Å². The van der Waals surface area contributed by atoms with Gasteiger partial charge in [-0.3, -0.25) is 14.9 Å². The van der Waals surface area contributed by atoms with E-state index in [9.17, 15) is 76.0 Å². The lowest BCUT2D eigenvalue weighted by Crippen LogP contribution is -2.71. The molecular weight excluding hydrogens is 1000 g/mol. The maximum Gasteiger partial charge on any atom is 0.303 e. The molecule has 6 saturated heterocycles. The molecule has 6 rings (SSSR count). The Bertz CT molecular complexity index is 1780. The number of amides is 1. The fraction of sp³-hybridized carbons (Fsp3) is 0.955. The van der Waals surface area contributed by atoms with Crippen molar-refractivity contribution in [3.63, 3.8) is 0 Å². The van der Waals surface area contributed by atoms with Gasteiger partial charge in [-0.05, 0) is 20.8 Å². The monoisotopic (exact) mass is 1080 g/mol. The van der Waals surface area contributed by atoms with Crippen molar-refractivity contribution in [2.75, 3.05) is 33.5 Å². The zero-order valence-corrected chi connectivity index (χ0v) is 41.7.